The summed E-state index contributed by atoms with van der Waals surface area (Å²) in [7, 11) is 0. The van der Waals surface area contributed by atoms with Crippen LogP contribution in [0.4, 0.5) is 4.79 Å². The number of likely N-dealkylation sites (tertiary alicyclic amines) is 1. The van der Waals surface area contributed by atoms with Gasteiger partial charge in [0.1, 0.15) is 5.60 Å². The van der Waals surface area contributed by atoms with E-state index in [1.807, 2.05) is 39.5 Å². The maximum Gasteiger partial charge on any atom is 0.410 e. The lowest BCUT2D eigenvalue weighted by molar-refractivity contribution is 0.0165. The molecule has 1 amide bonds. The van der Waals surface area contributed by atoms with Crippen LogP contribution in [0, 0.1) is 18.3 Å². The van der Waals surface area contributed by atoms with Crippen LogP contribution in [0.3, 0.4) is 0 Å². The van der Waals surface area contributed by atoms with Crippen LogP contribution in [-0.4, -0.2) is 41.8 Å². The Bertz CT molecular complexity index is 377. The third kappa shape index (κ3) is 5.83. The predicted octanol–water partition coefficient (Wildman–Crippen LogP) is 2.63. The van der Waals surface area contributed by atoms with Gasteiger partial charge >= 0.3 is 6.09 Å². The number of ether oxygens (including phenoxy) is 1. The molecule has 1 fully saturated rings. The van der Waals surface area contributed by atoms with E-state index in [1.54, 1.807) is 0 Å². The van der Waals surface area contributed by atoms with Gasteiger partial charge in [-0.1, -0.05) is 5.92 Å². The molecule has 0 radical (unpaired) electrons. The summed E-state index contributed by atoms with van der Waals surface area (Å²) >= 11 is 0. The molecule has 0 bridgehead atoms. The maximum atomic E-state index is 12.1. The number of nitrogens with zero attached hydrogens (tertiary/aromatic N) is 1. The van der Waals surface area contributed by atoms with Crippen molar-refractivity contribution in [1.82, 2.24) is 10.2 Å². The highest BCUT2D eigenvalue weighted by Gasteiger charge is 2.28. The molecule has 1 aliphatic rings. The van der Waals surface area contributed by atoms with Gasteiger partial charge in [0.05, 0.1) is 5.54 Å². The maximum absolute atomic E-state index is 12.1. The number of piperidine rings is 1. The van der Waals surface area contributed by atoms with Gasteiger partial charge in [-0.3, -0.25) is 0 Å². The Morgan fingerprint density at radius 3 is 2.60 bits per heavy atom. The molecular formula is C16H28N2O2. The summed E-state index contributed by atoms with van der Waals surface area (Å²) in [6.07, 6.45) is 7.39. The Morgan fingerprint density at radius 2 is 2.05 bits per heavy atom. The molecule has 0 aromatic carbocycles. The van der Waals surface area contributed by atoms with E-state index in [0.717, 1.165) is 32.5 Å². The van der Waals surface area contributed by atoms with Crippen LogP contribution in [0.15, 0.2) is 0 Å². The first-order chi connectivity index (χ1) is 9.13. The minimum absolute atomic E-state index is 0.210. The minimum Gasteiger partial charge on any atom is -0.444 e. The molecule has 1 rings (SSSR count). The first kappa shape index (κ1) is 16.8. The van der Waals surface area contributed by atoms with Crippen molar-refractivity contribution >= 4 is 6.09 Å². The van der Waals surface area contributed by atoms with Gasteiger partial charge in [0.15, 0.2) is 0 Å². The second kappa shape index (κ2) is 6.49. The van der Waals surface area contributed by atoms with Gasteiger partial charge in [-0.05, 0) is 53.4 Å². The summed E-state index contributed by atoms with van der Waals surface area (Å²) in [6, 6.07) is 0. The van der Waals surface area contributed by atoms with Crippen LogP contribution in [0.5, 0.6) is 0 Å². The lowest BCUT2D eigenvalue weighted by atomic mass is 9.96. The average Bonchev–Trinajstić information content (AvgIpc) is 2.35. The molecule has 0 saturated carbocycles. The number of nitrogens with one attached hydrogen (secondary N) is 1. The number of amides is 1. The number of rotatable bonds is 3. The summed E-state index contributed by atoms with van der Waals surface area (Å²) in [5.41, 5.74) is -0.734. The van der Waals surface area contributed by atoms with Crippen molar-refractivity contribution < 1.29 is 9.53 Å². The molecule has 0 aliphatic carbocycles. The van der Waals surface area contributed by atoms with Crippen LogP contribution < -0.4 is 5.32 Å². The topological polar surface area (TPSA) is 41.6 Å². The fourth-order valence-corrected chi connectivity index (χ4v) is 2.17. The van der Waals surface area contributed by atoms with Gasteiger partial charge in [-0.15, -0.1) is 6.42 Å². The van der Waals surface area contributed by atoms with Crippen LogP contribution in [0.1, 0.15) is 47.5 Å². The molecule has 1 N–H and O–H groups in total. The van der Waals surface area contributed by atoms with Crippen molar-refractivity contribution in [2.45, 2.75) is 58.6 Å². The summed E-state index contributed by atoms with van der Waals surface area (Å²) in [5.74, 6) is 3.16. The van der Waals surface area contributed by atoms with Gasteiger partial charge in [-0.2, -0.15) is 0 Å². The van der Waals surface area contributed by atoms with Crippen molar-refractivity contribution in [1.29, 1.82) is 0 Å². The SMILES string of the molecule is C#CC(C)(C)NCC1CCCN(C(=O)OC(C)(C)C)C1. The third-order valence-electron chi connectivity index (χ3n) is 3.36. The molecule has 20 heavy (non-hydrogen) atoms. The van der Waals surface area contributed by atoms with Gasteiger partial charge in [0.25, 0.3) is 0 Å². The van der Waals surface area contributed by atoms with Gasteiger partial charge in [0.2, 0.25) is 0 Å². The smallest absolute Gasteiger partial charge is 0.410 e. The molecule has 0 aromatic heterocycles. The second-order valence-corrected chi connectivity index (χ2v) is 7.08. The zero-order chi connectivity index (χ0) is 15.4. The zero-order valence-electron chi connectivity index (χ0n) is 13.5. The highest BCUT2D eigenvalue weighted by atomic mass is 16.6. The largest absolute Gasteiger partial charge is 0.444 e. The van der Waals surface area contributed by atoms with E-state index < -0.39 is 5.60 Å². The van der Waals surface area contributed by atoms with Crippen molar-refractivity contribution in [2.75, 3.05) is 19.6 Å². The number of terminal acetylenes is 1. The van der Waals surface area contributed by atoms with Gasteiger partial charge in [-0.25, -0.2) is 4.79 Å². The molecule has 1 saturated heterocycles. The van der Waals surface area contributed by atoms with E-state index in [0.29, 0.717) is 5.92 Å². The number of carbonyl (C=O) groups excluding carboxylic acids is 1. The van der Waals surface area contributed by atoms with Gasteiger partial charge < -0.3 is 15.0 Å². The van der Waals surface area contributed by atoms with E-state index in [4.69, 9.17) is 11.2 Å². The predicted molar refractivity (Wildman–Crippen MR) is 81.4 cm³/mol. The quantitative estimate of drug-likeness (QED) is 0.808. The van der Waals surface area contributed by atoms with E-state index >= 15 is 0 Å². The molecule has 4 heteroatoms. The van der Waals surface area contributed by atoms with Crippen LogP contribution in [-0.2, 0) is 4.74 Å². The zero-order valence-corrected chi connectivity index (χ0v) is 13.5. The second-order valence-electron chi connectivity index (χ2n) is 7.08. The number of hydrogen-bond acceptors (Lipinski definition) is 3. The van der Waals surface area contributed by atoms with E-state index in [9.17, 15) is 4.79 Å². The molecular weight excluding hydrogens is 252 g/mol. The monoisotopic (exact) mass is 280 g/mol. The Balaban J connectivity index is 2.47. The van der Waals surface area contributed by atoms with Crippen molar-refractivity contribution in [3.8, 4) is 12.3 Å². The molecule has 4 nitrogen and oxygen atoms in total. The van der Waals surface area contributed by atoms with Crippen LogP contribution in [0.25, 0.3) is 0 Å². The number of carbonyl (C=O) groups is 1. The van der Waals surface area contributed by atoms with Crippen molar-refractivity contribution in [2.24, 2.45) is 5.92 Å². The lowest BCUT2D eigenvalue weighted by Crippen LogP contribution is -2.47. The number of hydrogen-bond donors (Lipinski definition) is 1. The molecule has 1 atom stereocenters. The first-order valence-electron chi connectivity index (χ1n) is 7.34. The summed E-state index contributed by atoms with van der Waals surface area (Å²) in [6.45, 7) is 12.0. The summed E-state index contributed by atoms with van der Waals surface area (Å²) < 4.78 is 5.43. The highest BCUT2D eigenvalue weighted by Crippen LogP contribution is 2.19. The average molecular weight is 280 g/mol. The van der Waals surface area contributed by atoms with Crippen LogP contribution >= 0.6 is 0 Å². The Hall–Kier alpha value is -1.21. The molecule has 0 aromatic rings. The Kier molecular flexibility index (Phi) is 5.47. The third-order valence-corrected chi connectivity index (χ3v) is 3.36. The Labute approximate surface area is 123 Å². The highest BCUT2D eigenvalue weighted by molar-refractivity contribution is 5.68. The fraction of sp³-hybridized carbons (Fsp3) is 0.812. The normalized spacial score (nSPS) is 20.4. The fourth-order valence-electron chi connectivity index (χ4n) is 2.17. The molecule has 0 spiro atoms. The van der Waals surface area contributed by atoms with Gasteiger partial charge in [0, 0.05) is 19.6 Å². The summed E-state index contributed by atoms with van der Waals surface area (Å²) in [5, 5.41) is 3.37. The molecule has 1 heterocycles. The van der Waals surface area contributed by atoms with E-state index in [1.165, 1.54) is 0 Å². The van der Waals surface area contributed by atoms with Crippen molar-refractivity contribution in [3.63, 3.8) is 0 Å². The first-order valence-corrected chi connectivity index (χ1v) is 7.34. The van der Waals surface area contributed by atoms with E-state index in [-0.39, 0.29) is 11.6 Å². The molecule has 1 aliphatic heterocycles. The minimum atomic E-state index is -0.437. The molecule has 1 unspecified atom stereocenters. The van der Waals surface area contributed by atoms with Crippen LogP contribution in [0.2, 0.25) is 0 Å². The standard InChI is InChI=1S/C16H28N2O2/c1-7-16(5,6)17-11-13-9-8-10-18(12-13)14(19)20-15(2,3)4/h1,13,17H,8-12H2,2-6H3. The lowest BCUT2D eigenvalue weighted by Gasteiger charge is -2.35. The summed E-state index contributed by atoms with van der Waals surface area (Å²) in [4.78, 5) is 13.9. The Morgan fingerprint density at radius 1 is 1.40 bits per heavy atom. The van der Waals surface area contributed by atoms with Crippen molar-refractivity contribution in [3.05, 3.63) is 0 Å². The molecule has 114 valence electrons. The van der Waals surface area contributed by atoms with E-state index in [2.05, 4.69) is 11.2 Å².